The van der Waals surface area contributed by atoms with Crippen molar-refractivity contribution < 1.29 is 27.9 Å². The summed E-state index contributed by atoms with van der Waals surface area (Å²) in [5.41, 5.74) is 9.36. The SMILES string of the molecule is C.CC.CC.Cc1cc2c([O-])c(c1)Cc1cc(C)cc(c1O)Cc1cc(Cc3ccccc3)cc(c1OS(=O)(=O)c1ccccc1)Cc1cc(C)cc(c1O)C2. The molecule has 0 fully saturated rings. The van der Waals surface area contributed by atoms with E-state index in [0.717, 1.165) is 27.8 Å². The second-order valence-corrected chi connectivity index (χ2v) is 15.3. The van der Waals surface area contributed by atoms with Gasteiger partial charge in [0.2, 0.25) is 0 Å². The third kappa shape index (κ3) is 9.82. The number of fused-ring (bicyclic) bond motifs is 8. The minimum Gasteiger partial charge on any atom is -0.872 e. The van der Waals surface area contributed by atoms with Crippen LogP contribution in [0.1, 0.15) is 107 Å². The van der Waals surface area contributed by atoms with Gasteiger partial charge in [-0.3, -0.25) is 0 Å². The first-order valence-electron chi connectivity index (χ1n) is 19.0. The van der Waals surface area contributed by atoms with Crippen LogP contribution < -0.4 is 9.29 Å². The lowest BCUT2D eigenvalue weighted by Gasteiger charge is -2.23. The van der Waals surface area contributed by atoms with Crippen molar-refractivity contribution in [3.8, 4) is 23.0 Å². The summed E-state index contributed by atoms with van der Waals surface area (Å²) in [5.74, 6) is 0.159. The molecule has 0 saturated carbocycles. The fourth-order valence-electron chi connectivity index (χ4n) is 7.29. The Kier molecular flexibility index (Phi) is 14.6. The highest BCUT2D eigenvalue weighted by Gasteiger charge is 2.25. The summed E-state index contributed by atoms with van der Waals surface area (Å²) in [6.07, 6.45) is 1.31. The van der Waals surface area contributed by atoms with Gasteiger partial charge >= 0.3 is 10.1 Å². The Balaban J connectivity index is 0.00000135. The van der Waals surface area contributed by atoms with Crippen LogP contribution in [-0.2, 0) is 42.2 Å². The van der Waals surface area contributed by atoms with E-state index in [0.29, 0.717) is 50.9 Å². The van der Waals surface area contributed by atoms with Gasteiger partial charge in [-0.1, -0.05) is 160 Å². The third-order valence-corrected chi connectivity index (χ3v) is 10.7. The highest BCUT2D eigenvalue weighted by molar-refractivity contribution is 7.87. The van der Waals surface area contributed by atoms with Crippen LogP contribution in [0.5, 0.6) is 23.0 Å². The van der Waals surface area contributed by atoms with Crippen molar-refractivity contribution >= 4 is 10.1 Å². The van der Waals surface area contributed by atoms with Crippen LogP contribution in [0.3, 0.4) is 0 Å². The molecule has 1 aliphatic rings. The average molecular weight is 772 g/mol. The van der Waals surface area contributed by atoms with Gasteiger partial charge in [0.05, 0.1) is 0 Å². The van der Waals surface area contributed by atoms with E-state index in [2.05, 4.69) is 0 Å². The normalized spacial score (nSPS) is 11.8. The lowest BCUT2D eigenvalue weighted by molar-refractivity contribution is -0.270. The van der Waals surface area contributed by atoms with Crippen molar-refractivity contribution in [2.24, 2.45) is 0 Å². The zero-order valence-corrected chi connectivity index (χ0v) is 33.7. The molecule has 0 heterocycles. The van der Waals surface area contributed by atoms with Crippen LogP contribution in [-0.4, -0.2) is 18.6 Å². The summed E-state index contributed by atoms with van der Waals surface area (Å²) in [4.78, 5) is 0.0173. The van der Waals surface area contributed by atoms with Crippen LogP contribution in [0.15, 0.2) is 114 Å². The van der Waals surface area contributed by atoms with Crippen molar-refractivity contribution in [2.75, 3.05) is 0 Å². The molecule has 2 N–H and O–H groups in total. The van der Waals surface area contributed by atoms with Crippen LogP contribution >= 0.6 is 0 Å². The molecule has 1 aliphatic carbocycles. The number of benzene rings is 6. The maximum absolute atomic E-state index is 13.9. The minimum atomic E-state index is -4.27. The standard InChI is InChI=1S/C44H40O6S.2C2H6.CH4/c1-27-14-32-23-34-16-28(2)18-36(42(34)46)25-38-21-31(20-30-10-6-4-7-11-30)22-39(44(38)50-51(48,49)40-12-8-5-9-13-40)26-37-19-29(3)17-35(43(37)47)24-33(15-27)41(32)45;2*1-2;/h4-19,21-22,45-47H,20,23-26H2,1-3H3;2*1-2H3;1H4/p-1. The first-order valence-corrected chi connectivity index (χ1v) is 20.4. The summed E-state index contributed by atoms with van der Waals surface area (Å²) in [6.45, 7) is 13.8. The Morgan fingerprint density at radius 2 is 0.893 bits per heavy atom. The quantitative estimate of drug-likeness (QED) is 0.169. The molecule has 7 heteroatoms. The van der Waals surface area contributed by atoms with Crippen LogP contribution in [0, 0.1) is 20.8 Å². The molecule has 56 heavy (non-hydrogen) atoms. The van der Waals surface area contributed by atoms with Gasteiger partial charge in [-0.15, -0.1) is 5.75 Å². The molecule has 0 aromatic heterocycles. The molecule has 294 valence electrons. The molecule has 0 saturated heterocycles. The summed E-state index contributed by atoms with van der Waals surface area (Å²) < 4.78 is 33.9. The summed E-state index contributed by atoms with van der Waals surface area (Å²) in [6, 6.07) is 33.2. The van der Waals surface area contributed by atoms with Gasteiger partial charge in [0, 0.05) is 36.8 Å². The Morgan fingerprint density at radius 3 is 1.30 bits per heavy atom. The topological polar surface area (TPSA) is 107 Å². The lowest BCUT2D eigenvalue weighted by atomic mass is 9.88. The van der Waals surface area contributed by atoms with Crippen molar-refractivity contribution in [3.05, 3.63) is 182 Å². The van der Waals surface area contributed by atoms with E-state index in [1.54, 1.807) is 18.2 Å². The molecule has 0 unspecified atom stereocenters. The largest absolute Gasteiger partial charge is 0.872 e. The fraction of sp³-hybridized carbons (Fsp3) is 0.265. The van der Waals surface area contributed by atoms with Crippen LogP contribution in [0.4, 0.5) is 0 Å². The van der Waals surface area contributed by atoms with Gasteiger partial charge in [0.1, 0.15) is 22.1 Å². The predicted molar refractivity (Wildman–Crippen MR) is 227 cm³/mol. The number of hydrogen-bond donors (Lipinski definition) is 2. The Hall–Kier alpha value is -5.53. The number of aromatic hydroxyl groups is 2. The molecule has 0 amide bonds. The fourth-order valence-corrected chi connectivity index (χ4v) is 8.31. The van der Waals surface area contributed by atoms with Gasteiger partial charge in [-0.25, -0.2) is 0 Å². The van der Waals surface area contributed by atoms with E-state index in [4.69, 9.17) is 4.18 Å². The van der Waals surface area contributed by atoms with Gasteiger partial charge < -0.3 is 19.5 Å². The maximum Gasteiger partial charge on any atom is 0.339 e. The van der Waals surface area contributed by atoms with E-state index in [1.165, 1.54) is 12.1 Å². The summed E-state index contributed by atoms with van der Waals surface area (Å²) >= 11 is 0. The van der Waals surface area contributed by atoms with E-state index in [-0.39, 0.29) is 61.0 Å². The molecule has 0 spiro atoms. The molecule has 8 bridgehead atoms. The first kappa shape index (κ1) is 43.2. The molecular formula is C49H55O6S-. The number of phenolic OH excluding ortho intramolecular Hbond substituents is 2. The monoisotopic (exact) mass is 771 g/mol. The molecular weight excluding hydrogens is 717 g/mol. The molecule has 0 atom stereocenters. The van der Waals surface area contributed by atoms with E-state index in [9.17, 15) is 23.7 Å². The van der Waals surface area contributed by atoms with Gasteiger partial charge in [0.15, 0.2) is 0 Å². The summed E-state index contributed by atoms with van der Waals surface area (Å²) in [7, 11) is -4.27. The number of aryl methyl sites for hydroxylation is 3. The first-order chi connectivity index (χ1) is 26.4. The third-order valence-electron chi connectivity index (χ3n) is 9.51. The molecule has 7 rings (SSSR count). The van der Waals surface area contributed by atoms with E-state index < -0.39 is 10.1 Å². The second kappa shape index (κ2) is 18.9. The van der Waals surface area contributed by atoms with Gasteiger partial charge in [-0.2, -0.15) is 8.42 Å². The Labute approximate surface area is 334 Å². The van der Waals surface area contributed by atoms with Gasteiger partial charge in [-0.05, 0) is 72.7 Å². The predicted octanol–water partition coefficient (Wildman–Crippen LogP) is 10.8. The van der Waals surface area contributed by atoms with Crippen LogP contribution in [0.2, 0.25) is 0 Å². The van der Waals surface area contributed by atoms with Crippen molar-refractivity contribution in [1.82, 2.24) is 0 Å². The van der Waals surface area contributed by atoms with E-state index in [1.807, 2.05) is 127 Å². The van der Waals surface area contributed by atoms with Crippen molar-refractivity contribution in [2.45, 2.75) is 92.9 Å². The minimum absolute atomic E-state index is 0. The number of hydrogen-bond acceptors (Lipinski definition) is 6. The number of rotatable bonds is 5. The Morgan fingerprint density at radius 1 is 0.536 bits per heavy atom. The molecule has 0 aliphatic heterocycles. The lowest BCUT2D eigenvalue weighted by Crippen LogP contribution is -2.14. The zero-order chi connectivity index (χ0) is 39.9. The van der Waals surface area contributed by atoms with E-state index >= 15 is 0 Å². The number of phenols is 2. The molecule has 6 aromatic rings. The highest BCUT2D eigenvalue weighted by atomic mass is 32.2. The van der Waals surface area contributed by atoms with Crippen molar-refractivity contribution in [3.63, 3.8) is 0 Å². The maximum atomic E-state index is 13.9. The Bertz CT molecular complexity index is 2280. The summed E-state index contributed by atoms with van der Waals surface area (Å²) in [5, 5.41) is 37.5. The van der Waals surface area contributed by atoms with Gasteiger partial charge in [0.25, 0.3) is 0 Å². The smallest absolute Gasteiger partial charge is 0.339 e. The second-order valence-electron chi connectivity index (χ2n) is 13.7. The average Bonchev–Trinajstić information content (AvgIpc) is 3.17. The molecule has 6 nitrogen and oxygen atoms in total. The van der Waals surface area contributed by atoms with Crippen molar-refractivity contribution in [1.29, 1.82) is 0 Å². The zero-order valence-electron chi connectivity index (χ0n) is 32.9. The van der Waals surface area contributed by atoms with Crippen LogP contribution in [0.25, 0.3) is 0 Å². The molecule has 0 radical (unpaired) electrons. The molecule has 6 aromatic carbocycles. The highest BCUT2D eigenvalue weighted by Crippen LogP contribution is 2.40.